The van der Waals surface area contributed by atoms with E-state index in [-0.39, 0.29) is 34.6 Å². The third-order valence-electron chi connectivity index (χ3n) is 5.97. The van der Waals surface area contributed by atoms with Gasteiger partial charge in [-0.3, -0.25) is 19.4 Å². The molecule has 2 N–H and O–H groups in total. The van der Waals surface area contributed by atoms with E-state index in [1.165, 1.54) is 10.5 Å². The first-order valence-electron chi connectivity index (χ1n) is 11.9. The molecule has 4 rings (SSSR count). The van der Waals surface area contributed by atoms with Crippen molar-refractivity contribution in [2.75, 3.05) is 13.7 Å². The highest BCUT2D eigenvalue weighted by atomic mass is 16.5. The molecule has 3 heterocycles. The quantitative estimate of drug-likeness (QED) is 0.277. The molecule has 4 aromatic rings. The Hall–Kier alpha value is -3.98. The second kappa shape index (κ2) is 10.7. The summed E-state index contributed by atoms with van der Waals surface area (Å²) >= 11 is 0. The molecule has 0 fully saturated rings. The highest BCUT2D eigenvalue weighted by Crippen LogP contribution is 2.14. The van der Waals surface area contributed by atoms with Crippen LogP contribution in [0.15, 0.2) is 53.5 Å². The van der Waals surface area contributed by atoms with Gasteiger partial charge < -0.3 is 19.4 Å². The Morgan fingerprint density at radius 1 is 1.17 bits per heavy atom. The van der Waals surface area contributed by atoms with Gasteiger partial charge >= 0.3 is 0 Å². The smallest absolute Gasteiger partial charge is 0.267 e. The number of carbonyl (C=O) groups excluding carboxylic acids is 1. The maximum absolute atomic E-state index is 13.4. The zero-order valence-electron chi connectivity index (χ0n) is 21.0. The summed E-state index contributed by atoms with van der Waals surface area (Å²) in [5.74, 6) is 0.296. The van der Waals surface area contributed by atoms with Gasteiger partial charge in [0.05, 0.1) is 24.2 Å². The summed E-state index contributed by atoms with van der Waals surface area (Å²) in [5, 5.41) is 12.0. The molecule has 188 valence electrons. The third kappa shape index (κ3) is 5.16. The van der Waals surface area contributed by atoms with Gasteiger partial charge in [0, 0.05) is 25.9 Å². The zero-order valence-corrected chi connectivity index (χ0v) is 21.0. The average Bonchev–Trinajstić information content (AvgIpc) is 2.87. The number of hydrogen-bond acceptors (Lipinski definition) is 6. The number of ether oxygens (including phenoxy) is 2. The van der Waals surface area contributed by atoms with Crippen LogP contribution in [0.1, 0.15) is 41.8 Å². The number of pyridine rings is 2. The highest BCUT2D eigenvalue weighted by Gasteiger charge is 2.18. The van der Waals surface area contributed by atoms with E-state index >= 15 is 0 Å². The van der Waals surface area contributed by atoms with Gasteiger partial charge in [0.15, 0.2) is 0 Å². The molecule has 9 heteroatoms. The van der Waals surface area contributed by atoms with Gasteiger partial charge in [-0.05, 0) is 62.6 Å². The summed E-state index contributed by atoms with van der Waals surface area (Å²) in [6, 6.07) is 12.5. The van der Waals surface area contributed by atoms with E-state index in [4.69, 9.17) is 19.9 Å². The largest absolute Gasteiger partial charge is 0.497 e. The predicted molar refractivity (Wildman–Crippen MR) is 137 cm³/mol. The summed E-state index contributed by atoms with van der Waals surface area (Å²) in [6.07, 6.45) is 2.36. The Balaban J connectivity index is 1.76. The molecule has 0 radical (unpaired) electrons. The zero-order chi connectivity index (χ0) is 25.8. The monoisotopic (exact) mass is 489 g/mol. The van der Waals surface area contributed by atoms with Crippen LogP contribution < -0.4 is 21.1 Å². The number of aryl methyl sites for hydroxylation is 2. The van der Waals surface area contributed by atoms with Crippen molar-refractivity contribution in [3.05, 3.63) is 81.2 Å². The summed E-state index contributed by atoms with van der Waals surface area (Å²) in [5.41, 5.74) is 2.48. The van der Waals surface area contributed by atoms with Crippen LogP contribution in [0.5, 0.6) is 5.75 Å². The number of fused-ring (bicyclic) bond motifs is 2. The molecule has 3 aromatic heterocycles. The minimum atomic E-state index is -0.432. The number of benzene rings is 1. The Bertz CT molecular complexity index is 1520. The van der Waals surface area contributed by atoms with Gasteiger partial charge in [-0.25, -0.2) is 4.98 Å². The molecule has 0 aliphatic carbocycles. The third-order valence-corrected chi connectivity index (χ3v) is 5.97. The van der Waals surface area contributed by atoms with Crippen LogP contribution in [0.2, 0.25) is 0 Å². The van der Waals surface area contributed by atoms with Crippen molar-refractivity contribution in [1.29, 1.82) is 5.41 Å². The van der Waals surface area contributed by atoms with E-state index < -0.39 is 5.91 Å². The fraction of sp³-hybridized carbons (Fsp3) is 0.333. The number of nitrogens with one attached hydrogen (secondary N) is 2. The van der Waals surface area contributed by atoms with Crippen LogP contribution >= 0.6 is 0 Å². The number of hydrogen-bond donors (Lipinski definition) is 2. The van der Waals surface area contributed by atoms with E-state index in [1.54, 1.807) is 23.9 Å². The standard InChI is InChI=1S/C27H31N5O4/c1-17(2)36-14-6-13-31-23(28)21(26(33)29-16-19-8-10-20(35-4)11-9-19)15-22-25(31)30-24-18(3)7-5-12-32(24)27(22)34/h5,7-12,15,17,28H,6,13-14,16H2,1-4H3,(H,29,33). The van der Waals surface area contributed by atoms with Crippen molar-refractivity contribution >= 4 is 22.6 Å². The Morgan fingerprint density at radius 2 is 1.92 bits per heavy atom. The number of rotatable bonds is 9. The van der Waals surface area contributed by atoms with Crippen LogP contribution in [0.25, 0.3) is 16.7 Å². The molecule has 1 amide bonds. The second-order valence-corrected chi connectivity index (χ2v) is 8.90. The molecular weight excluding hydrogens is 458 g/mol. The number of nitrogens with zero attached hydrogens (tertiary/aromatic N) is 3. The fourth-order valence-corrected chi connectivity index (χ4v) is 4.05. The molecule has 0 bridgehead atoms. The lowest BCUT2D eigenvalue weighted by atomic mass is 10.1. The van der Waals surface area contributed by atoms with Gasteiger partial charge in [-0.2, -0.15) is 0 Å². The molecular formula is C27H31N5O4. The van der Waals surface area contributed by atoms with Gasteiger partial charge in [-0.1, -0.05) is 18.2 Å². The van der Waals surface area contributed by atoms with Gasteiger partial charge in [0.2, 0.25) is 0 Å². The first kappa shape index (κ1) is 25.1. The first-order chi connectivity index (χ1) is 17.3. The summed E-state index contributed by atoms with van der Waals surface area (Å²) in [7, 11) is 1.60. The summed E-state index contributed by atoms with van der Waals surface area (Å²) < 4.78 is 13.9. The van der Waals surface area contributed by atoms with Crippen molar-refractivity contribution in [2.24, 2.45) is 0 Å². The topological polar surface area (TPSA) is 111 Å². The molecule has 0 aliphatic rings. The normalized spacial score (nSPS) is 11.4. The predicted octanol–water partition coefficient (Wildman–Crippen LogP) is 3.19. The molecule has 0 aliphatic heterocycles. The van der Waals surface area contributed by atoms with Crippen LogP contribution in [-0.2, 0) is 17.8 Å². The van der Waals surface area contributed by atoms with E-state index in [1.807, 2.05) is 51.1 Å². The molecule has 9 nitrogen and oxygen atoms in total. The van der Waals surface area contributed by atoms with Gasteiger partial charge in [-0.15, -0.1) is 0 Å². The molecule has 0 unspecified atom stereocenters. The maximum atomic E-state index is 13.4. The number of methoxy groups -OCH3 is 1. The highest BCUT2D eigenvalue weighted by molar-refractivity contribution is 5.96. The average molecular weight is 490 g/mol. The van der Waals surface area contributed by atoms with Gasteiger partial charge in [0.1, 0.15) is 22.5 Å². The van der Waals surface area contributed by atoms with Crippen molar-refractivity contribution < 1.29 is 14.3 Å². The second-order valence-electron chi connectivity index (χ2n) is 8.90. The SMILES string of the molecule is COc1ccc(CNC(=O)c2cc3c(=O)n4cccc(C)c4nc3n(CCCOC(C)C)c2=N)cc1. The van der Waals surface area contributed by atoms with Crippen LogP contribution in [0.4, 0.5) is 0 Å². The Labute approximate surface area is 208 Å². The van der Waals surface area contributed by atoms with Crippen molar-refractivity contribution in [1.82, 2.24) is 19.3 Å². The van der Waals surface area contributed by atoms with Crippen LogP contribution in [-0.4, -0.2) is 39.7 Å². The van der Waals surface area contributed by atoms with E-state index in [9.17, 15) is 9.59 Å². The van der Waals surface area contributed by atoms with Gasteiger partial charge in [0.25, 0.3) is 11.5 Å². The molecule has 0 saturated heterocycles. The van der Waals surface area contributed by atoms with Crippen LogP contribution in [0.3, 0.4) is 0 Å². The minimum absolute atomic E-state index is 0.00381. The lowest BCUT2D eigenvalue weighted by Crippen LogP contribution is -2.35. The minimum Gasteiger partial charge on any atom is -0.497 e. The molecule has 0 spiro atoms. The Morgan fingerprint density at radius 3 is 2.61 bits per heavy atom. The number of carbonyl (C=O) groups is 1. The number of aromatic nitrogens is 3. The van der Waals surface area contributed by atoms with Crippen molar-refractivity contribution in [3.63, 3.8) is 0 Å². The first-order valence-corrected chi connectivity index (χ1v) is 11.9. The lowest BCUT2D eigenvalue weighted by molar-refractivity contribution is 0.0748. The Kier molecular flexibility index (Phi) is 7.49. The van der Waals surface area contributed by atoms with Crippen molar-refractivity contribution in [3.8, 4) is 5.75 Å². The van der Waals surface area contributed by atoms with E-state index in [2.05, 4.69) is 5.32 Å². The lowest BCUT2D eigenvalue weighted by Gasteiger charge is -2.16. The molecule has 1 aromatic carbocycles. The summed E-state index contributed by atoms with van der Waals surface area (Å²) in [4.78, 5) is 31.3. The number of amides is 1. The van der Waals surface area contributed by atoms with E-state index in [0.29, 0.717) is 30.9 Å². The molecule has 36 heavy (non-hydrogen) atoms. The molecule has 0 atom stereocenters. The fourth-order valence-electron chi connectivity index (χ4n) is 4.05. The summed E-state index contributed by atoms with van der Waals surface area (Å²) in [6.45, 7) is 6.96. The van der Waals surface area contributed by atoms with Crippen LogP contribution in [0, 0.1) is 12.3 Å². The van der Waals surface area contributed by atoms with Crippen molar-refractivity contribution in [2.45, 2.75) is 46.4 Å². The molecule has 0 saturated carbocycles. The maximum Gasteiger partial charge on any atom is 0.267 e. The van der Waals surface area contributed by atoms with E-state index in [0.717, 1.165) is 16.9 Å².